The first kappa shape index (κ1) is 23.4. The van der Waals surface area contributed by atoms with Crippen molar-refractivity contribution in [2.24, 2.45) is 0 Å². The van der Waals surface area contributed by atoms with Gasteiger partial charge in [0.1, 0.15) is 16.5 Å². The number of fused-ring (bicyclic) bond motifs is 1. The number of nitrogens with one attached hydrogen (secondary N) is 1. The van der Waals surface area contributed by atoms with Gasteiger partial charge in [0.25, 0.3) is 15.9 Å². The topological polar surface area (TPSA) is 92.8 Å². The van der Waals surface area contributed by atoms with Gasteiger partial charge >= 0.3 is 5.97 Å². The number of hydrogen-bond donors (Lipinski definition) is 1. The fourth-order valence-electron chi connectivity index (χ4n) is 3.69. The lowest BCUT2D eigenvalue weighted by Crippen LogP contribution is -2.39. The van der Waals surface area contributed by atoms with Crippen LogP contribution in [0.4, 0.5) is 20.2 Å². The summed E-state index contributed by atoms with van der Waals surface area (Å²) in [6.45, 7) is 1.88. The SMILES string of the molecule is CC(OC(=O)c1ccccc1NS(=O)(=O)c1cc(F)ccc1F)C(=O)N1CCc2ccccc21. The minimum absolute atomic E-state index is 0.190. The molecule has 3 aromatic rings. The van der Waals surface area contributed by atoms with Crippen LogP contribution in [0.1, 0.15) is 22.8 Å². The second-order valence-corrected chi connectivity index (χ2v) is 9.29. The summed E-state index contributed by atoms with van der Waals surface area (Å²) in [6.07, 6.45) is -0.465. The van der Waals surface area contributed by atoms with E-state index in [2.05, 4.69) is 4.72 Å². The van der Waals surface area contributed by atoms with Crippen molar-refractivity contribution in [2.75, 3.05) is 16.2 Å². The number of esters is 1. The van der Waals surface area contributed by atoms with E-state index in [1.165, 1.54) is 36.1 Å². The highest BCUT2D eigenvalue weighted by atomic mass is 32.2. The summed E-state index contributed by atoms with van der Waals surface area (Å²) in [5.74, 6) is -3.46. The summed E-state index contributed by atoms with van der Waals surface area (Å²) in [7, 11) is -4.56. The van der Waals surface area contributed by atoms with E-state index in [1.807, 2.05) is 24.3 Å². The van der Waals surface area contributed by atoms with Gasteiger partial charge in [0.05, 0.1) is 11.3 Å². The monoisotopic (exact) mass is 486 g/mol. The number of sulfonamides is 1. The molecule has 1 N–H and O–H groups in total. The third kappa shape index (κ3) is 4.62. The number of carbonyl (C=O) groups is 2. The first-order valence-electron chi connectivity index (χ1n) is 10.3. The molecular weight excluding hydrogens is 466 g/mol. The number of para-hydroxylation sites is 2. The van der Waals surface area contributed by atoms with Crippen LogP contribution in [-0.4, -0.2) is 32.9 Å². The Balaban J connectivity index is 1.53. The standard InChI is InChI=1S/C24H20F2N2O5S/c1-15(23(29)28-13-12-16-6-2-5-9-21(16)28)33-24(30)18-7-3-4-8-20(18)27-34(31,32)22-14-17(25)10-11-19(22)26/h2-11,14-15,27H,12-13H2,1H3. The van der Waals surface area contributed by atoms with E-state index in [1.54, 1.807) is 0 Å². The number of nitrogens with zero attached hydrogens (tertiary/aromatic N) is 1. The molecule has 0 saturated carbocycles. The van der Waals surface area contributed by atoms with Crippen molar-refractivity contribution < 1.29 is 31.5 Å². The van der Waals surface area contributed by atoms with Crippen molar-refractivity contribution in [3.63, 3.8) is 0 Å². The molecule has 1 heterocycles. The Kier molecular flexibility index (Phi) is 6.34. The van der Waals surface area contributed by atoms with Crippen LogP contribution < -0.4 is 9.62 Å². The minimum atomic E-state index is -4.56. The van der Waals surface area contributed by atoms with Gasteiger partial charge in [0, 0.05) is 12.2 Å². The summed E-state index contributed by atoms with van der Waals surface area (Å²) >= 11 is 0. The Hall–Kier alpha value is -3.79. The summed E-state index contributed by atoms with van der Waals surface area (Å²) in [5.41, 5.74) is 1.37. The van der Waals surface area contributed by atoms with Crippen LogP contribution in [0.5, 0.6) is 0 Å². The van der Waals surface area contributed by atoms with Crippen molar-refractivity contribution >= 4 is 33.3 Å². The average molecular weight is 486 g/mol. The van der Waals surface area contributed by atoms with Gasteiger partial charge in [0.2, 0.25) is 0 Å². The van der Waals surface area contributed by atoms with Gasteiger partial charge in [-0.3, -0.25) is 9.52 Å². The number of carbonyl (C=O) groups excluding carboxylic acids is 2. The normalized spacial score (nSPS) is 13.8. The first-order valence-corrected chi connectivity index (χ1v) is 11.8. The van der Waals surface area contributed by atoms with Crippen LogP contribution >= 0.6 is 0 Å². The van der Waals surface area contributed by atoms with E-state index in [0.29, 0.717) is 25.1 Å². The van der Waals surface area contributed by atoms with Crippen LogP contribution in [0.2, 0.25) is 0 Å². The van der Waals surface area contributed by atoms with E-state index in [4.69, 9.17) is 4.74 Å². The molecule has 1 atom stereocenters. The third-order valence-corrected chi connectivity index (χ3v) is 6.74. The summed E-state index contributed by atoms with van der Waals surface area (Å²) < 4.78 is 60.2. The number of benzene rings is 3. The Labute approximate surface area is 195 Å². The summed E-state index contributed by atoms with van der Waals surface area (Å²) in [4.78, 5) is 26.4. The molecule has 4 rings (SSSR count). The Morgan fingerprint density at radius 2 is 1.74 bits per heavy atom. The second kappa shape index (κ2) is 9.22. The molecule has 10 heteroatoms. The molecule has 0 aromatic heterocycles. The predicted octanol–water partition coefficient (Wildman–Crippen LogP) is 3.90. The first-order chi connectivity index (χ1) is 16.2. The average Bonchev–Trinajstić information content (AvgIpc) is 3.24. The molecule has 0 bridgehead atoms. The van der Waals surface area contributed by atoms with Crippen LogP contribution in [0.3, 0.4) is 0 Å². The van der Waals surface area contributed by atoms with Gasteiger partial charge in [-0.2, -0.15) is 0 Å². The maximum atomic E-state index is 14.0. The summed E-state index contributed by atoms with van der Waals surface area (Å²) in [5, 5.41) is 0. The second-order valence-electron chi connectivity index (χ2n) is 7.64. The lowest BCUT2D eigenvalue weighted by Gasteiger charge is -2.22. The zero-order valence-electron chi connectivity index (χ0n) is 18.0. The molecule has 0 fully saturated rings. The Morgan fingerprint density at radius 3 is 2.53 bits per heavy atom. The van der Waals surface area contributed by atoms with Gasteiger partial charge in [-0.15, -0.1) is 0 Å². The molecule has 3 aromatic carbocycles. The molecule has 0 radical (unpaired) electrons. The highest BCUT2D eigenvalue weighted by Crippen LogP contribution is 2.29. The van der Waals surface area contributed by atoms with E-state index in [9.17, 15) is 26.8 Å². The fraction of sp³-hybridized carbons (Fsp3) is 0.167. The minimum Gasteiger partial charge on any atom is -0.449 e. The zero-order valence-corrected chi connectivity index (χ0v) is 18.8. The number of anilines is 2. The maximum Gasteiger partial charge on any atom is 0.341 e. The number of hydrogen-bond acceptors (Lipinski definition) is 5. The Bertz CT molecular complexity index is 1380. The largest absolute Gasteiger partial charge is 0.449 e. The van der Waals surface area contributed by atoms with Gasteiger partial charge < -0.3 is 9.64 Å². The van der Waals surface area contributed by atoms with E-state index in [-0.39, 0.29) is 11.3 Å². The predicted molar refractivity (Wildman–Crippen MR) is 121 cm³/mol. The van der Waals surface area contributed by atoms with Gasteiger partial charge in [0.15, 0.2) is 6.10 Å². The zero-order chi connectivity index (χ0) is 24.5. The highest BCUT2D eigenvalue weighted by Gasteiger charge is 2.31. The van der Waals surface area contributed by atoms with Gasteiger partial charge in [-0.05, 0) is 55.3 Å². The molecule has 34 heavy (non-hydrogen) atoms. The number of rotatable bonds is 6. The molecule has 7 nitrogen and oxygen atoms in total. The van der Waals surface area contributed by atoms with E-state index in [0.717, 1.165) is 17.3 Å². The van der Waals surface area contributed by atoms with Crippen LogP contribution in [0.25, 0.3) is 0 Å². The molecule has 1 unspecified atom stereocenters. The number of halogens is 2. The van der Waals surface area contributed by atoms with Crippen molar-refractivity contribution in [3.8, 4) is 0 Å². The summed E-state index contributed by atoms with van der Waals surface area (Å²) in [6, 6.07) is 14.9. The van der Waals surface area contributed by atoms with Gasteiger partial charge in [-0.25, -0.2) is 22.0 Å². The molecule has 176 valence electrons. The Morgan fingerprint density at radius 1 is 1.03 bits per heavy atom. The maximum absolute atomic E-state index is 14.0. The van der Waals surface area contributed by atoms with E-state index < -0.39 is 44.5 Å². The molecule has 0 saturated heterocycles. The quantitative estimate of drug-likeness (QED) is 0.534. The van der Waals surface area contributed by atoms with E-state index >= 15 is 0 Å². The van der Waals surface area contributed by atoms with Crippen LogP contribution in [0.15, 0.2) is 71.6 Å². The van der Waals surface area contributed by atoms with Crippen molar-refractivity contribution in [1.82, 2.24) is 0 Å². The molecule has 0 aliphatic carbocycles. The molecule has 1 amide bonds. The smallest absolute Gasteiger partial charge is 0.341 e. The van der Waals surface area contributed by atoms with Gasteiger partial charge in [-0.1, -0.05) is 30.3 Å². The van der Waals surface area contributed by atoms with Crippen molar-refractivity contribution in [1.29, 1.82) is 0 Å². The van der Waals surface area contributed by atoms with Crippen molar-refractivity contribution in [3.05, 3.63) is 89.5 Å². The lowest BCUT2D eigenvalue weighted by atomic mass is 10.2. The molecule has 1 aliphatic rings. The van der Waals surface area contributed by atoms with Crippen molar-refractivity contribution in [2.45, 2.75) is 24.3 Å². The number of ether oxygens (including phenoxy) is 1. The third-order valence-electron chi connectivity index (χ3n) is 5.36. The molecule has 0 spiro atoms. The highest BCUT2D eigenvalue weighted by molar-refractivity contribution is 7.92. The molecule has 1 aliphatic heterocycles. The molecular formula is C24H20F2N2O5S. The number of amides is 1. The van der Waals surface area contributed by atoms with Crippen LogP contribution in [0, 0.1) is 11.6 Å². The fourth-order valence-corrected chi connectivity index (χ4v) is 4.86. The lowest BCUT2D eigenvalue weighted by molar-refractivity contribution is -0.126. The van der Waals surface area contributed by atoms with Crippen LogP contribution in [-0.2, 0) is 26.0 Å².